The van der Waals surface area contributed by atoms with Crippen molar-refractivity contribution in [1.82, 2.24) is 0 Å². The van der Waals surface area contributed by atoms with E-state index < -0.39 is 10.3 Å². The molecule has 1 fully saturated rings. The molecule has 1 aliphatic carbocycles. The molecule has 2 rings (SSSR count). The Morgan fingerprint density at radius 1 is 1.42 bits per heavy atom. The van der Waals surface area contributed by atoms with Gasteiger partial charge in [-0.15, -0.1) is 0 Å². The number of nitro benzene ring substituents is 1. The molecule has 0 aromatic heterocycles. The van der Waals surface area contributed by atoms with Crippen LogP contribution in [0.3, 0.4) is 0 Å². The van der Waals surface area contributed by atoms with Crippen molar-refractivity contribution in [3.05, 3.63) is 28.3 Å². The summed E-state index contributed by atoms with van der Waals surface area (Å²) in [6.45, 7) is 1.85. The number of amides is 1. The fourth-order valence-corrected chi connectivity index (χ4v) is 2.46. The third-order valence-electron chi connectivity index (χ3n) is 3.71. The lowest BCUT2D eigenvalue weighted by Gasteiger charge is -2.22. The molecule has 1 amide bonds. The minimum atomic E-state index is -0.619. The average molecular weight is 264 g/mol. The molecule has 0 heterocycles. The topological polar surface area (TPSA) is 92.5 Å². The van der Waals surface area contributed by atoms with Crippen molar-refractivity contribution in [1.29, 1.82) is 0 Å². The lowest BCUT2D eigenvalue weighted by atomic mass is 9.87. The number of phenolic OH excluding ortho intramolecular Hbond substituents is 1. The van der Waals surface area contributed by atoms with Crippen molar-refractivity contribution in [3.8, 4) is 5.75 Å². The largest absolute Gasteiger partial charge is 0.505 e. The summed E-state index contributed by atoms with van der Waals surface area (Å²) in [6.07, 6.45) is 3.49. The van der Waals surface area contributed by atoms with Crippen molar-refractivity contribution in [3.63, 3.8) is 0 Å². The molecule has 0 radical (unpaired) electrons. The number of anilines is 1. The van der Waals surface area contributed by atoms with Crippen LogP contribution in [-0.4, -0.2) is 15.9 Å². The number of hydrogen-bond acceptors (Lipinski definition) is 4. The molecular formula is C13H16N2O4. The van der Waals surface area contributed by atoms with Gasteiger partial charge < -0.3 is 10.4 Å². The van der Waals surface area contributed by atoms with Crippen LogP contribution in [0.15, 0.2) is 18.2 Å². The summed E-state index contributed by atoms with van der Waals surface area (Å²) >= 11 is 0. The molecular weight excluding hydrogens is 248 g/mol. The van der Waals surface area contributed by atoms with E-state index in [1.54, 1.807) is 0 Å². The van der Waals surface area contributed by atoms with Crippen LogP contribution in [0.4, 0.5) is 11.4 Å². The Labute approximate surface area is 110 Å². The Kier molecular flexibility index (Phi) is 3.42. The molecule has 0 saturated heterocycles. The van der Waals surface area contributed by atoms with E-state index in [-0.39, 0.29) is 23.0 Å². The zero-order chi connectivity index (χ0) is 14.0. The zero-order valence-corrected chi connectivity index (χ0v) is 10.7. The van der Waals surface area contributed by atoms with Gasteiger partial charge in [0.05, 0.1) is 4.92 Å². The minimum absolute atomic E-state index is 0.120. The quantitative estimate of drug-likeness (QED) is 0.498. The number of aromatic hydroxyl groups is 1. The number of carbonyl (C=O) groups is 1. The first-order valence-electron chi connectivity index (χ1n) is 6.22. The van der Waals surface area contributed by atoms with Crippen molar-refractivity contribution in [2.24, 2.45) is 5.41 Å². The third kappa shape index (κ3) is 2.52. The molecule has 6 heteroatoms. The second-order valence-corrected chi connectivity index (χ2v) is 5.15. The molecule has 1 aromatic carbocycles. The number of hydrogen-bond donors (Lipinski definition) is 2. The number of rotatable bonds is 3. The fraction of sp³-hybridized carbons (Fsp3) is 0.462. The first kappa shape index (κ1) is 13.3. The number of benzene rings is 1. The van der Waals surface area contributed by atoms with Gasteiger partial charge in [0.25, 0.3) is 5.69 Å². The Bertz CT molecular complexity index is 521. The van der Waals surface area contributed by atoms with Crippen LogP contribution >= 0.6 is 0 Å². The number of nitrogens with one attached hydrogen (secondary N) is 1. The average Bonchev–Trinajstić information content (AvgIpc) is 2.79. The van der Waals surface area contributed by atoms with Gasteiger partial charge in [0.2, 0.25) is 5.91 Å². The number of nitro groups is 1. The van der Waals surface area contributed by atoms with Crippen LogP contribution in [0.25, 0.3) is 0 Å². The van der Waals surface area contributed by atoms with Crippen LogP contribution in [0.1, 0.15) is 32.6 Å². The summed E-state index contributed by atoms with van der Waals surface area (Å²) in [7, 11) is 0. The van der Waals surface area contributed by atoms with Gasteiger partial charge in [0.15, 0.2) is 5.69 Å². The Hall–Kier alpha value is -2.11. The maximum atomic E-state index is 12.2. The lowest BCUT2D eigenvalue weighted by molar-refractivity contribution is -0.384. The zero-order valence-electron chi connectivity index (χ0n) is 10.7. The van der Waals surface area contributed by atoms with Crippen molar-refractivity contribution >= 4 is 17.3 Å². The number of phenols is 1. The summed E-state index contributed by atoms with van der Waals surface area (Å²) in [6, 6.07) is 3.95. The Morgan fingerprint density at radius 2 is 2.05 bits per heavy atom. The van der Waals surface area contributed by atoms with E-state index in [4.69, 9.17) is 0 Å². The molecule has 0 atom stereocenters. The molecule has 1 aromatic rings. The maximum absolute atomic E-state index is 12.2. The SMILES string of the molecule is CC1(C(=O)Nc2c(O)cccc2[N+](=O)[O-])CCCC1. The standard InChI is InChI=1S/C13H16N2O4/c1-13(7-2-3-8-13)12(17)14-11-9(15(18)19)5-4-6-10(11)16/h4-6,16H,2-3,7-8H2,1H3,(H,14,17). The summed E-state index contributed by atoms with van der Waals surface area (Å²) in [5, 5.41) is 23.1. The van der Waals surface area contributed by atoms with Crippen LogP contribution in [-0.2, 0) is 4.79 Å². The lowest BCUT2D eigenvalue weighted by Crippen LogP contribution is -2.31. The van der Waals surface area contributed by atoms with Crippen molar-refractivity contribution in [2.75, 3.05) is 5.32 Å². The van der Waals surface area contributed by atoms with E-state index in [0.29, 0.717) is 0 Å². The van der Waals surface area contributed by atoms with E-state index in [0.717, 1.165) is 25.7 Å². The van der Waals surface area contributed by atoms with E-state index in [1.807, 2.05) is 6.92 Å². The van der Waals surface area contributed by atoms with E-state index in [2.05, 4.69) is 5.32 Å². The summed E-state index contributed by atoms with van der Waals surface area (Å²) in [5.74, 6) is -0.557. The maximum Gasteiger partial charge on any atom is 0.296 e. The summed E-state index contributed by atoms with van der Waals surface area (Å²) in [4.78, 5) is 22.5. The van der Waals surface area contributed by atoms with Crippen LogP contribution in [0, 0.1) is 15.5 Å². The number of nitrogens with zero attached hydrogens (tertiary/aromatic N) is 1. The second kappa shape index (κ2) is 4.87. The molecule has 19 heavy (non-hydrogen) atoms. The van der Waals surface area contributed by atoms with Gasteiger partial charge in [0.1, 0.15) is 5.75 Å². The van der Waals surface area contributed by atoms with E-state index in [1.165, 1.54) is 18.2 Å². The van der Waals surface area contributed by atoms with Gasteiger partial charge in [-0.1, -0.05) is 25.8 Å². The predicted molar refractivity (Wildman–Crippen MR) is 70.0 cm³/mol. The first-order valence-corrected chi connectivity index (χ1v) is 6.22. The molecule has 0 aliphatic heterocycles. The fourth-order valence-electron chi connectivity index (χ4n) is 2.46. The molecule has 2 N–H and O–H groups in total. The van der Waals surface area contributed by atoms with E-state index >= 15 is 0 Å². The monoisotopic (exact) mass is 264 g/mol. The van der Waals surface area contributed by atoms with Crippen molar-refractivity contribution in [2.45, 2.75) is 32.6 Å². The van der Waals surface area contributed by atoms with Crippen LogP contribution in [0.5, 0.6) is 5.75 Å². The van der Waals surface area contributed by atoms with Crippen molar-refractivity contribution < 1.29 is 14.8 Å². The van der Waals surface area contributed by atoms with E-state index in [9.17, 15) is 20.0 Å². The highest BCUT2D eigenvalue weighted by molar-refractivity contribution is 5.98. The second-order valence-electron chi connectivity index (χ2n) is 5.15. The molecule has 6 nitrogen and oxygen atoms in total. The molecule has 0 unspecified atom stereocenters. The Morgan fingerprint density at radius 3 is 2.63 bits per heavy atom. The summed E-state index contributed by atoms with van der Waals surface area (Å²) < 4.78 is 0. The molecule has 0 spiro atoms. The highest BCUT2D eigenvalue weighted by Gasteiger charge is 2.37. The molecule has 0 bridgehead atoms. The normalized spacial score (nSPS) is 17.1. The molecule has 1 aliphatic rings. The van der Waals surface area contributed by atoms with Gasteiger partial charge in [-0.2, -0.15) is 0 Å². The predicted octanol–water partition coefficient (Wildman–Crippen LogP) is 2.82. The van der Waals surface area contributed by atoms with Gasteiger partial charge in [0, 0.05) is 11.5 Å². The summed E-state index contributed by atoms with van der Waals surface area (Å²) in [5.41, 5.74) is -0.920. The third-order valence-corrected chi connectivity index (χ3v) is 3.71. The minimum Gasteiger partial charge on any atom is -0.505 e. The molecule has 1 saturated carbocycles. The first-order chi connectivity index (χ1) is 8.94. The molecule has 102 valence electrons. The van der Waals surface area contributed by atoms with Gasteiger partial charge in [-0.3, -0.25) is 14.9 Å². The highest BCUT2D eigenvalue weighted by Crippen LogP contribution is 2.40. The number of para-hydroxylation sites is 1. The van der Waals surface area contributed by atoms with Crippen LogP contribution in [0.2, 0.25) is 0 Å². The number of carbonyl (C=O) groups excluding carboxylic acids is 1. The Balaban J connectivity index is 2.28. The van der Waals surface area contributed by atoms with Crippen LogP contribution < -0.4 is 5.32 Å². The highest BCUT2D eigenvalue weighted by atomic mass is 16.6. The van der Waals surface area contributed by atoms with Gasteiger partial charge in [-0.05, 0) is 18.9 Å². The van der Waals surface area contributed by atoms with Gasteiger partial charge >= 0.3 is 0 Å². The smallest absolute Gasteiger partial charge is 0.296 e. The van der Waals surface area contributed by atoms with Gasteiger partial charge in [-0.25, -0.2) is 0 Å².